The maximum Gasteiger partial charge on any atom is 0.191 e. The first-order valence-electron chi connectivity index (χ1n) is 9.13. The number of nitrogens with one attached hydrogen (secondary N) is 2. The third kappa shape index (κ3) is 6.84. The number of hydrogen-bond acceptors (Lipinski definition) is 2. The van der Waals surface area contributed by atoms with Gasteiger partial charge in [0.25, 0.3) is 0 Å². The molecule has 2 N–H and O–H groups in total. The highest BCUT2D eigenvalue weighted by molar-refractivity contribution is 5.79. The first kappa shape index (κ1) is 19.9. The van der Waals surface area contributed by atoms with Crippen LogP contribution in [0.3, 0.4) is 0 Å². The lowest BCUT2D eigenvalue weighted by molar-refractivity contribution is 0.345. The molecule has 2 rings (SSSR count). The molecule has 26 heavy (non-hydrogen) atoms. The van der Waals surface area contributed by atoms with Crippen LogP contribution in [0, 0.1) is 5.82 Å². The fraction of sp³-hybridized carbons (Fsp3) is 0.381. The Bertz CT molecular complexity index is 697. The molecular weight excluding hydrogens is 327 g/mol. The Hall–Kier alpha value is -2.40. The van der Waals surface area contributed by atoms with Gasteiger partial charge in [0, 0.05) is 19.6 Å². The fourth-order valence-corrected chi connectivity index (χ4v) is 2.55. The van der Waals surface area contributed by atoms with E-state index in [1.807, 2.05) is 6.92 Å². The second-order valence-corrected chi connectivity index (χ2v) is 6.33. The fourth-order valence-electron chi connectivity index (χ4n) is 2.55. The van der Waals surface area contributed by atoms with E-state index in [1.54, 1.807) is 12.1 Å². The first-order valence-corrected chi connectivity index (χ1v) is 9.13. The van der Waals surface area contributed by atoms with Crippen LogP contribution >= 0.6 is 0 Å². The minimum Gasteiger partial charge on any atom is -0.357 e. The van der Waals surface area contributed by atoms with Crippen molar-refractivity contribution in [3.05, 3.63) is 71.0 Å². The van der Waals surface area contributed by atoms with Gasteiger partial charge in [0.2, 0.25) is 0 Å². The Labute approximate surface area is 156 Å². The zero-order valence-corrected chi connectivity index (χ0v) is 15.9. The van der Waals surface area contributed by atoms with Gasteiger partial charge in [-0.25, -0.2) is 9.38 Å². The summed E-state index contributed by atoms with van der Waals surface area (Å²) >= 11 is 0. The smallest absolute Gasteiger partial charge is 0.191 e. The van der Waals surface area contributed by atoms with Crippen molar-refractivity contribution in [2.24, 2.45) is 4.99 Å². The SMILES string of the molecule is CCNC(=NCc1cccc(CN(C)CC)c1)NCc1ccc(F)cc1. The summed E-state index contributed by atoms with van der Waals surface area (Å²) in [6.07, 6.45) is 0. The summed E-state index contributed by atoms with van der Waals surface area (Å²) in [6.45, 7) is 8.17. The maximum absolute atomic E-state index is 13.0. The van der Waals surface area contributed by atoms with E-state index in [0.717, 1.165) is 31.2 Å². The molecule has 0 spiro atoms. The highest BCUT2D eigenvalue weighted by Gasteiger charge is 2.02. The van der Waals surface area contributed by atoms with E-state index >= 15 is 0 Å². The Morgan fingerprint density at radius 2 is 1.73 bits per heavy atom. The highest BCUT2D eigenvalue weighted by Crippen LogP contribution is 2.09. The monoisotopic (exact) mass is 356 g/mol. The molecule has 0 bridgehead atoms. The number of guanidine groups is 1. The van der Waals surface area contributed by atoms with Crippen molar-refractivity contribution in [2.45, 2.75) is 33.5 Å². The Morgan fingerprint density at radius 1 is 1.00 bits per heavy atom. The lowest BCUT2D eigenvalue weighted by atomic mass is 10.1. The van der Waals surface area contributed by atoms with Crippen molar-refractivity contribution in [1.82, 2.24) is 15.5 Å². The van der Waals surface area contributed by atoms with Gasteiger partial charge in [0.15, 0.2) is 5.96 Å². The molecule has 0 saturated carbocycles. The molecule has 0 aromatic heterocycles. The van der Waals surface area contributed by atoms with E-state index in [9.17, 15) is 4.39 Å². The van der Waals surface area contributed by atoms with Crippen LogP contribution < -0.4 is 10.6 Å². The molecule has 4 nitrogen and oxygen atoms in total. The molecule has 0 unspecified atom stereocenters. The van der Waals surface area contributed by atoms with E-state index in [2.05, 4.69) is 58.8 Å². The summed E-state index contributed by atoms with van der Waals surface area (Å²) in [5, 5.41) is 6.54. The highest BCUT2D eigenvalue weighted by atomic mass is 19.1. The van der Waals surface area contributed by atoms with Crippen LogP contribution in [0.5, 0.6) is 0 Å². The van der Waals surface area contributed by atoms with E-state index in [4.69, 9.17) is 0 Å². The molecule has 2 aromatic rings. The summed E-state index contributed by atoms with van der Waals surface area (Å²) in [5.41, 5.74) is 3.50. The summed E-state index contributed by atoms with van der Waals surface area (Å²) in [6, 6.07) is 15.0. The van der Waals surface area contributed by atoms with E-state index < -0.39 is 0 Å². The van der Waals surface area contributed by atoms with Crippen molar-refractivity contribution in [3.63, 3.8) is 0 Å². The molecule has 140 valence electrons. The molecule has 0 fully saturated rings. The van der Waals surface area contributed by atoms with Crippen molar-refractivity contribution in [1.29, 1.82) is 0 Å². The van der Waals surface area contributed by atoms with Crippen molar-refractivity contribution in [3.8, 4) is 0 Å². The molecule has 0 aliphatic carbocycles. The summed E-state index contributed by atoms with van der Waals surface area (Å²) in [5.74, 6) is 0.538. The van der Waals surface area contributed by atoms with Crippen molar-refractivity contribution < 1.29 is 4.39 Å². The van der Waals surface area contributed by atoms with Crippen LogP contribution in [0.1, 0.15) is 30.5 Å². The number of benzene rings is 2. The third-order valence-corrected chi connectivity index (χ3v) is 4.12. The van der Waals surface area contributed by atoms with Gasteiger partial charge in [-0.1, -0.05) is 43.3 Å². The van der Waals surface area contributed by atoms with Crippen LogP contribution in [0.15, 0.2) is 53.5 Å². The predicted octanol–water partition coefficient (Wildman–Crippen LogP) is 3.53. The number of halogens is 1. The van der Waals surface area contributed by atoms with E-state index in [-0.39, 0.29) is 5.82 Å². The maximum atomic E-state index is 13.0. The number of rotatable bonds is 8. The predicted molar refractivity (Wildman–Crippen MR) is 107 cm³/mol. The Kier molecular flexibility index (Phi) is 8.09. The van der Waals surface area contributed by atoms with Gasteiger partial charge in [-0.05, 0) is 49.3 Å². The minimum atomic E-state index is -0.220. The van der Waals surface area contributed by atoms with Crippen LogP contribution in [0.2, 0.25) is 0 Å². The standard InChI is InChI=1S/C21H29FN4/c1-4-23-21(24-14-17-9-11-20(22)12-10-17)25-15-18-7-6-8-19(13-18)16-26(3)5-2/h6-13H,4-5,14-16H2,1-3H3,(H2,23,24,25). The molecule has 0 saturated heterocycles. The number of nitrogens with zero attached hydrogens (tertiary/aromatic N) is 2. The van der Waals surface area contributed by atoms with Crippen LogP contribution in [0.25, 0.3) is 0 Å². The summed E-state index contributed by atoms with van der Waals surface area (Å²) in [4.78, 5) is 6.94. The molecule has 0 aliphatic heterocycles. The second-order valence-electron chi connectivity index (χ2n) is 6.33. The zero-order valence-electron chi connectivity index (χ0n) is 15.9. The summed E-state index contributed by atoms with van der Waals surface area (Å²) < 4.78 is 13.0. The number of hydrogen-bond donors (Lipinski definition) is 2. The lowest BCUT2D eigenvalue weighted by Gasteiger charge is -2.14. The van der Waals surface area contributed by atoms with Crippen molar-refractivity contribution >= 4 is 5.96 Å². The molecule has 0 radical (unpaired) electrons. The van der Waals surface area contributed by atoms with Gasteiger partial charge in [0.1, 0.15) is 5.82 Å². The average Bonchev–Trinajstić information content (AvgIpc) is 2.65. The molecule has 0 aliphatic rings. The second kappa shape index (κ2) is 10.6. The van der Waals surface area contributed by atoms with Crippen LogP contribution in [0.4, 0.5) is 4.39 Å². The Morgan fingerprint density at radius 3 is 2.42 bits per heavy atom. The summed E-state index contributed by atoms with van der Waals surface area (Å²) in [7, 11) is 2.12. The van der Waals surface area contributed by atoms with Gasteiger partial charge in [0.05, 0.1) is 6.54 Å². The molecule has 2 aromatic carbocycles. The van der Waals surface area contributed by atoms with Gasteiger partial charge in [-0.2, -0.15) is 0 Å². The molecular formula is C21H29FN4. The van der Waals surface area contributed by atoms with Gasteiger partial charge in [-0.15, -0.1) is 0 Å². The van der Waals surface area contributed by atoms with Gasteiger partial charge >= 0.3 is 0 Å². The van der Waals surface area contributed by atoms with Gasteiger partial charge < -0.3 is 15.5 Å². The third-order valence-electron chi connectivity index (χ3n) is 4.12. The zero-order chi connectivity index (χ0) is 18.8. The van der Waals surface area contributed by atoms with Gasteiger partial charge in [-0.3, -0.25) is 0 Å². The minimum absolute atomic E-state index is 0.220. The lowest BCUT2D eigenvalue weighted by Crippen LogP contribution is -2.36. The normalized spacial score (nSPS) is 11.7. The Balaban J connectivity index is 1.97. The molecule has 0 atom stereocenters. The quantitative estimate of drug-likeness (QED) is 0.561. The molecule has 5 heteroatoms. The molecule has 0 amide bonds. The van der Waals surface area contributed by atoms with Crippen LogP contribution in [-0.2, 0) is 19.6 Å². The van der Waals surface area contributed by atoms with Crippen molar-refractivity contribution in [2.75, 3.05) is 20.1 Å². The molecule has 0 heterocycles. The van der Waals surface area contributed by atoms with Crippen LogP contribution in [-0.4, -0.2) is 31.0 Å². The first-order chi connectivity index (χ1) is 12.6. The van der Waals surface area contributed by atoms with E-state index in [0.29, 0.717) is 13.1 Å². The largest absolute Gasteiger partial charge is 0.357 e. The topological polar surface area (TPSA) is 39.7 Å². The average molecular weight is 356 g/mol. The number of aliphatic imine (C=N–C) groups is 1. The van der Waals surface area contributed by atoms with E-state index in [1.165, 1.54) is 23.3 Å².